The average molecular weight is 474 g/mol. The van der Waals surface area contributed by atoms with Crippen molar-refractivity contribution in [3.05, 3.63) is 66.0 Å². The Morgan fingerprint density at radius 2 is 1.89 bits per heavy atom. The van der Waals surface area contributed by atoms with Gasteiger partial charge in [0.05, 0.1) is 44.0 Å². The molecule has 5 rings (SSSR count). The molecule has 10 nitrogen and oxygen atoms in total. The number of hydrogen-bond acceptors (Lipinski definition) is 9. The molecule has 0 amide bonds. The molecule has 0 aliphatic carbocycles. The molecule has 180 valence electrons. The zero-order chi connectivity index (χ0) is 24.5. The first-order valence-corrected chi connectivity index (χ1v) is 11.2. The van der Waals surface area contributed by atoms with Gasteiger partial charge in [-0.2, -0.15) is 4.98 Å². The van der Waals surface area contributed by atoms with Gasteiger partial charge in [-0.15, -0.1) is 0 Å². The Kier molecular flexibility index (Phi) is 5.86. The quantitative estimate of drug-likeness (QED) is 0.445. The van der Waals surface area contributed by atoms with Gasteiger partial charge in [-0.25, -0.2) is 15.0 Å². The highest BCUT2D eigenvalue weighted by Crippen LogP contribution is 2.39. The van der Waals surface area contributed by atoms with E-state index in [1.807, 2.05) is 42.9 Å². The number of hydrogen-bond donors (Lipinski definition) is 1. The number of methoxy groups -OCH3 is 2. The second-order valence-corrected chi connectivity index (χ2v) is 8.34. The lowest BCUT2D eigenvalue weighted by molar-refractivity contribution is 0.264. The minimum Gasteiger partial charge on any atom is -0.497 e. The zero-order valence-electron chi connectivity index (χ0n) is 20.3. The first-order chi connectivity index (χ1) is 17.0. The topological polar surface area (TPSA) is 99.5 Å². The number of imidazole rings is 1. The van der Waals surface area contributed by atoms with E-state index in [-0.39, 0.29) is 6.04 Å². The number of pyridine rings is 1. The Morgan fingerprint density at radius 3 is 2.63 bits per heavy atom. The van der Waals surface area contributed by atoms with E-state index in [2.05, 4.69) is 38.2 Å². The summed E-state index contributed by atoms with van der Waals surface area (Å²) >= 11 is 0. The molecule has 1 aliphatic heterocycles. The second kappa shape index (κ2) is 9.13. The van der Waals surface area contributed by atoms with Crippen molar-refractivity contribution in [2.24, 2.45) is 0 Å². The van der Waals surface area contributed by atoms with Crippen molar-refractivity contribution in [3.63, 3.8) is 0 Å². The number of nitrogens with zero attached hydrogens (tertiary/aromatic N) is 6. The molecular weight excluding hydrogens is 446 g/mol. The van der Waals surface area contributed by atoms with Gasteiger partial charge >= 0.3 is 0 Å². The molecule has 0 saturated heterocycles. The maximum absolute atomic E-state index is 6.02. The number of nitrogens with one attached hydrogen (secondary N) is 1. The summed E-state index contributed by atoms with van der Waals surface area (Å²) < 4.78 is 18.8. The molecule has 0 bridgehead atoms. The van der Waals surface area contributed by atoms with Gasteiger partial charge in [-0.3, -0.25) is 4.57 Å². The second-order valence-electron chi connectivity index (χ2n) is 8.34. The van der Waals surface area contributed by atoms with Crippen LogP contribution in [0.5, 0.6) is 17.2 Å². The maximum Gasteiger partial charge on any atom is 0.229 e. The molecule has 3 aromatic heterocycles. The van der Waals surface area contributed by atoms with E-state index in [9.17, 15) is 0 Å². The maximum atomic E-state index is 6.02. The predicted octanol–water partition coefficient (Wildman–Crippen LogP) is 4.00. The van der Waals surface area contributed by atoms with Gasteiger partial charge in [0, 0.05) is 19.3 Å². The van der Waals surface area contributed by atoms with Crippen LogP contribution >= 0.6 is 0 Å². The van der Waals surface area contributed by atoms with E-state index < -0.39 is 0 Å². The lowest BCUT2D eigenvalue weighted by Crippen LogP contribution is -2.34. The fourth-order valence-electron chi connectivity index (χ4n) is 4.12. The fraction of sp³-hybridized carbons (Fsp3) is 0.280. The summed E-state index contributed by atoms with van der Waals surface area (Å²) in [4.78, 5) is 20.1. The minimum atomic E-state index is -0.0139. The first-order valence-electron chi connectivity index (χ1n) is 11.2. The van der Waals surface area contributed by atoms with Crippen molar-refractivity contribution in [2.75, 3.05) is 38.1 Å². The Labute approximate surface area is 203 Å². The van der Waals surface area contributed by atoms with Gasteiger partial charge in [-0.05, 0) is 37.1 Å². The van der Waals surface area contributed by atoms with Crippen LogP contribution in [0.4, 0.5) is 17.5 Å². The Hall–Kier alpha value is -4.34. The molecule has 35 heavy (non-hydrogen) atoms. The van der Waals surface area contributed by atoms with Gasteiger partial charge < -0.3 is 24.4 Å². The third-order valence-corrected chi connectivity index (χ3v) is 6.05. The van der Waals surface area contributed by atoms with Crippen LogP contribution in [0, 0.1) is 13.8 Å². The van der Waals surface area contributed by atoms with Crippen LogP contribution in [-0.2, 0) is 0 Å². The van der Waals surface area contributed by atoms with Crippen molar-refractivity contribution in [3.8, 4) is 23.1 Å². The van der Waals surface area contributed by atoms with Crippen LogP contribution in [0.15, 0.2) is 49.2 Å². The van der Waals surface area contributed by atoms with Crippen LogP contribution < -0.4 is 24.4 Å². The molecule has 1 unspecified atom stereocenters. The molecular formula is C25H27N7O3. The molecule has 10 heteroatoms. The van der Waals surface area contributed by atoms with Gasteiger partial charge in [0.15, 0.2) is 23.1 Å². The van der Waals surface area contributed by atoms with Crippen molar-refractivity contribution in [1.82, 2.24) is 24.5 Å². The third kappa shape index (κ3) is 4.30. The molecule has 1 aromatic carbocycles. The minimum absolute atomic E-state index is 0.0139. The van der Waals surface area contributed by atoms with Crippen molar-refractivity contribution in [2.45, 2.75) is 19.9 Å². The Balaban J connectivity index is 1.41. The van der Waals surface area contributed by atoms with E-state index >= 15 is 0 Å². The van der Waals surface area contributed by atoms with Crippen LogP contribution in [0.2, 0.25) is 0 Å². The van der Waals surface area contributed by atoms with Crippen LogP contribution in [-0.4, -0.2) is 52.4 Å². The average Bonchev–Trinajstić information content (AvgIpc) is 3.31. The van der Waals surface area contributed by atoms with E-state index in [1.54, 1.807) is 32.9 Å². The van der Waals surface area contributed by atoms with Crippen molar-refractivity contribution >= 4 is 17.5 Å². The lowest BCUT2D eigenvalue weighted by Gasteiger charge is -2.35. The van der Waals surface area contributed by atoms with Crippen LogP contribution in [0.25, 0.3) is 5.82 Å². The smallest absolute Gasteiger partial charge is 0.229 e. The van der Waals surface area contributed by atoms with E-state index in [1.165, 1.54) is 0 Å². The number of aryl methyl sites for hydroxylation is 2. The summed E-state index contributed by atoms with van der Waals surface area (Å²) in [5.74, 6) is 3.82. The molecule has 1 atom stereocenters. The highest BCUT2D eigenvalue weighted by molar-refractivity contribution is 5.62. The number of aromatic nitrogens is 5. The SMILES string of the molecule is COc1ccc(C)c(C2COc3cnc(Nc4cnc(-n5cnc(C)c5)c(OC)c4)nc3N2C)c1. The van der Waals surface area contributed by atoms with E-state index in [0.717, 1.165) is 22.6 Å². The van der Waals surface area contributed by atoms with E-state index in [0.29, 0.717) is 41.4 Å². The van der Waals surface area contributed by atoms with Crippen molar-refractivity contribution in [1.29, 1.82) is 0 Å². The van der Waals surface area contributed by atoms with E-state index in [4.69, 9.17) is 19.2 Å². The highest BCUT2D eigenvalue weighted by atomic mass is 16.5. The summed E-state index contributed by atoms with van der Waals surface area (Å²) in [5, 5.41) is 3.23. The Morgan fingerprint density at radius 1 is 1.03 bits per heavy atom. The number of fused-ring (bicyclic) bond motifs is 1. The molecule has 1 N–H and O–H groups in total. The standard InChI is InChI=1S/C25H27N7O3/c1-15-6-7-18(33-4)9-19(15)20-13-35-22-11-27-25(30-24(22)31(20)3)29-17-8-21(34-5)23(26-10-17)32-12-16(2)28-14-32/h6-12,14,20H,13H2,1-5H3,(H,27,29,30). The zero-order valence-corrected chi connectivity index (χ0v) is 20.3. The van der Waals surface area contributed by atoms with Gasteiger partial charge in [0.2, 0.25) is 5.95 Å². The fourth-order valence-corrected chi connectivity index (χ4v) is 4.12. The molecule has 1 aliphatic rings. The predicted molar refractivity (Wildman–Crippen MR) is 132 cm³/mol. The van der Waals surface area contributed by atoms with Crippen molar-refractivity contribution < 1.29 is 14.2 Å². The summed E-state index contributed by atoms with van der Waals surface area (Å²) in [6.45, 7) is 4.50. The number of anilines is 3. The summed E-state index contributed by atoms with van der Waals surface area (Å²) in [6, 6.07) is 7.90. The van der Waals surface area contributed by atoms with Gasteiger partial charge in [-0.1, -0.05) is 6.07 Å². The third-order valence-electron chi connectivity index (χ3n) is 6.05. The van der Waals surface area contributed by atoms with Gasteiger partial charge in [0.1, 0.15) is 18.7 Å². The number of ether oxygens (including phenoxy) is 3. The molecule has 0 radical (unpaired) electrons. The number of likely N-dealkylation sites (N-methyl/N-ethyl adjacent to an activating group) is 1. The highest BCUT2D eigenvalue weighted by Gasteiger charge is 2.29. The van der Waals surface area contributed by atoms with Gasteiger partial charge in [0.25, 0.3) is 0 Å². The molecule has 0 fully saturated rings. The summed E-state index contributed by atoms with van der Waals surface area (Å²) in [7, 11) is 5.29. The Bertz CT molecular complexity index is 1370. The molecule has 0 spiro atoms. The molecule has 0 saturated carbocycles. The monoisotopic (exact) mass is 473 g/mol. The lowest BCUT2D eigenvalue weighted by atomic mass is 9.99. The largest absolute Gasteiger partial charge is 0.497 e. The number of benzene rings is 1. The molecule has 4 aromatic rings. The summed E-state index contributed by atoms with van der Waals surface area (Å²) in [5.41, 5.74) is 3.88. The number of rotatable bonds is 6. The van der Waals surface area contributed by atoms with Crippen LogP contribution in [0.1, 0.15) is 22.9 Å². The normalized spacial score (nSPS) is 14.8. The summed E-state index contributed by atoms with van der Waals surface area (Å²) in [6.07, 6.45) is 6.98. The first kappa shape index (κ1) is 22.5. The van der Waals surface area contributed by atoms with Crippen LogP contribution in [0.3, 0.4) is 0 Å². The molecule has 4 heterocycles.